The summed E-state index contributed by atoms with van der Waals surface area (Å²) in [4.78, 5) is 2.35. The van der Waals surface area contributed by atoms with E-state index >= 15 is 0 Å². The van der Waals surface area contributed by atoms with E-state index in [2.05, 4.69) is 41.0 Å². The summed E-state index contributed by atoms with van der Waals surface area (Å²) in [5, 5.41) is 0. The highest BCUT2D eigenvalue weighted by molar-refractivity contribution is 5.33. The van der Waals surface area contributed by atoms with E-state index in [-0.39, 0.29) is 0 Å². The zero-order valence-corrected chi connectivity index (χ0v) is 12.0. The van der Waals surface area contributed by atoms with Crippen LogP contribution in [0.4, 0.5) is 0 Å². The van der Waals surface area contributed by atoms with Crippen molar-refractivity contribution < 1.29 is 4.74 Å². The van der Waals surface area contributed by atoms with Gasteiger partial charge in [0.15, 0.2) is 0 Å². The smallest absolute Gasteiger partial charge is 0.0936 e. The van der Waals surface area contributed by atoms with Gasteiger partial charge >= 0.3 is 0 Å². The average Bonchev–Trinajstić information content (AvgIpc) is 3.33. The number of ether oxygens (including phenoxy) is 1. The molecule has 2 aromatic rings. The summed E-state index contributed by atoms with van der Waals surface area (Å²) >= 11 is 0. The zero-order valence-electron chi connectivity index (χ0n) is 12.0. The molecule has 1 aliphatic rings. The fourth-order valence-corrected chi connectivity index (χ4v) is 2.26. The Labute approximate surface area is 126 Å². The topological polar surface area (TPSA) is 15.8 Å². The van der Waals surface area contributed by atoms with Crippen LogP contribution in [0.2, 0.25) is 0 Å². The van der Waals surface area contributed by atoms with Crippen molar-refractivity contribution in [3.63, 3.8) is 0 Å². The molecule has 0 N–H and O–H groups in total. The van der Waals surface area contributed by atoms with Gasteiger partial charge in [-0.1, -0.05) is 60.4 Å². The van der Waals surface area contributed by atoms with Crippen molar-refractivity contribution in [3.8, 4) is 11.8 Å². The molecule has 0 bridgehead atoms. The van der Waals surface area contributed by atoms with Gasteiger partial charge in [0.05, 0.1) is 19.3 Å². The Bertz CT molecular complexity index is 608. The van der Waals surface area contributed by atoms with Gasteiger partial charge in [-0.25, -0.2) is 0 Å². The number of nitrogens with zero attached hydrogens (tertiary/aromatic N) is 1. The minimum absolute atomic E-state index is 0.396. The molecule has 106 valence electrons. The molecule has 0 amide bonds. The lowest BCUT2D eigenvalue weighted by molar-refractivity contribution is 0.259. The van der Waals surface area contributed by atoms with E-state index in [1.807, 2.05) is 36.4 Å². The first kappa shape index (κ1) is 13.9. The van der Waals surface area contributed by atoms with E-state index in [4.69, 9.17) is 4.74 Å². The first-order chi connectivity index (χ1) is 10.4. The van der Waals surface area contributed by atoms with Crippen molar-refractivity contribution in [2.24, 2.45) is 0 Å². The highest BCUT2D eigenvalue weighted by atomic mass is 16.6. The summed E-state index contributed by atoms with van der Waals surface area (Å²) in [5.74, 6) is 6.50. The number of hydrogen-bond acceptors (Lipinski definition) is 2. The van der Waals surface area contributed by atoms with E-state index in [1.54, 1.807) is 0 Å². The van der Waals surface area contributed by atoms with Gasteiger partial charge < -0.3 is 4.74 Å². The van der Waals surface area contributed by atoms with Crippen LogP contribution in [0, 0.1) is 11.8 Å². The maximum absolute atomic E-state index is 5.35. The predicted molar refractivity (Wildman–Crippen MR) is 84.8 cm³/mol. The van der Waals surface area contributed by atoms with Gasteiger partial charge in [-0.2, -0.15) is 0 Å². The molecule has 0 spiro atoms. The van der Waals surface area contributed by atoms with Crippen LogP contribution in [0.15, 0.2) is 60.7 Å². The third-order valence-electron chi connectivity index (χ3n) is 3.42. The van der Waals surface area contributed by atoms with Crippen LogP contribution in [0.5, 0.6) is 0 Å². The SMILES string of the molecule is C(#Cc1ccccc1)CN(Cc1ccccc1)C[C@H]1CO1. The Morgan fingerprint density at radius 1 is 1.00 bits per heavy atom. The zero-order chi connectivity index (χ0) is 14.3. The van der Waals surface area contributed by atoms with Crippen LogP contribution >= 0.6 is 0 Å². The highest BCUT2D eigenvalue weighted by Gasteiger charge is 2.25. The maximum atomic E-state index is 5.35. The van der Waals surface area contributed by atoms with Crippen molar-refractivity contribution in [1.82, 2.24) is 4.90 Å². The molecular weight excluding hydrogens is 258 g/mol. The average molecular weight is 277 g/mol. The molecule has 0 radical (unpaired) electrons. The molecule has 1 aliphatic heterocycles. The second-order valence-corrected chi connectivity index (χ2v) is 5.28. The molecule has 3 rings (SSSR count). The molecule has 2 nitrogen and oxygen atoms in total. The molecule has 2 heteroatoms. The fourth-order valence-electron chi connectivity index (χ4n) is 2.26. The van der Waals surface area contributed by atoms with Crippen molar-refractivity contribution in [1.29, 1.82) is 0 Å². The molecule has 21 heavy (non-hydrogen) atoms. The third-order valence-corrected chi connectivity index (χ3v) is 3.42. The molecule has 1 saturated heterocycles. The van der Waals surface area contributed by atoms with Gasteiger partial charge in [-0.15, -0.1) is 0 Å². The molecule has 0 saturated carbocycles. The Hall–Kier alpha value is -2.08. The summed E-state index contributed by atoms with van der Waals surface area (Å²) in [7, 11) is 0. The molecule has 0 unspecified atom stereocenters. The monoisotopic (exact) mass is 277 g/mol. The first-order valence-electron chi connectivity index (χ1n) is 7.32. The largest absolute Gasteiger partial charge is 0.372 e. The standard InChI is InChI=1S/C19H19NO/c1-3-8-17(9-4-1)12-7-13-20(15-19-16-21-19)14-18-10-5-2-6-11-18/h1-6,8-11,19H,13-16H2/t19-/m0/s1. The van der Waals surface area contributed by atoms with Gasteiger partial charge in [0.25, 0.3) is 0 Å². The van der Waals surface area contributed by atoms with E-state index in [1.165, 1.54) is 5.56 Å². The summed E-state index contributed by atoms with van der Waals surface area (Å²) in [6.07, 6.45) is 0.396. The maximum Gasteiger partial charge on any atom is 0.0936 e. The van der Waals surface area contributed by atoms with Crippen molar-refractivity contribution in [2.75, 3.05) is 19.7 Å². The Morgan fingerprint density at radius 3 is 2.33 bits per heavy atom. The van der Waals surface area contributed by atoms with Crippen LogP contribution in [0.25, 0.3) is 0 Å². The Balaban J connectivity index is 1.61. The fraction of sp³-hybridized carbons (Fsp3) is 0.263. The first-order valence-corrected chi connectivity index (χ1v) is 7.32. The van der Waals surface area contributed by atoms with Gasteiger partial charge in [-0.05, 0) is 17.7 Å². The highest BCUT2D eigenvalue weighted by Crippen LogP contribution is 2.13. The summed E-state index contributed by atoms with van der Waals surface area (Å²) in [6.45, 7) is 3.53. The van der Waals surface area contributed by atoms with Crippen molar-refractivity contribution in [3.05, 3.63) is 71.8 Å². The Morgan fingerprint density at radius 2 is 1.67 bits per heavy atom. The lowest BCUT2D eigenvalue weighted by atomic mass is 10.2. The number of rotatable bonds is 5. The molecule has 0 aliphatic carbocycles. The minimum Gasteiger partial charge on any atom is -0.372 e. The van der Waals surface area contributed by atoms with Crippen molar-refractivity contribution in [2.45, 2.75) is 12.6 Å². The number of benzene rings is 2. The molecule has 0 aromatic heterocycles. The molecule has 1 heterocycles. The number of hydrogen-bond donors (Lipinski definition) is 0. The molecule has 1 fully saturated rings. The van der Waals surface area contributed by atoms with Crippen LogP contribution in [0.1, 0.15) is 11.1 Å². The third kappa shape index (κ3) is 4.75. The van der Waals surface area contributed by atoms with E-state index in [0.29, 0.717) is 6.10 Å². The molecule has 1 atom stereocenters. The predicted octanol–water partition coefficient (Wildman–Crippen LogP) is 2.94. The van der Waals surface area contributed by atoms with Crippen molar-refractivity contribution >= 4 is 0 Å². The molecule has 2 aromatic carbocycles. The quantitative estimate of drug-likeness (QED) is 0.617. The van der Waals surface area contributed by atoms with Crippen LogP contribution < -0.4 is 0 Å². The molecular formula is C19H19NO. The second-order valence-electron chi connectivity index (χ2n) is 5.28. The second kappa shape index (κ2) is 7.08. The van der Waals surface area contributed by atoms with E-state index in [9.17, 15) is 0 Å². The van der Waals surface area contributed by atoms with Crippen LogP contribution in [0.3, 0.4) is 0 Å². The van der Waals surface area contributed by atoms with E-state index < -0.39 is 0 Å². The van der Waals surface area contributed by atoms with Gasteiger partial charge in [0.2, 0.25) is 0 Å². The number of epoxide rings is 1. The minimum atomic E-state index is 0.396. The van der Waals surface area contributed by atoms with Crippen LogP contribution in [-0.4, -0.2) is 30.7 Å². The van der Waals surface area contributed by atoms with Gasteiger partial charge in [0.1, 0.15) is 0 Å². The summed E-state index contributed by atoms with van der Waals surface area (Å²) < 4.78 is 5.35. The van der Waals surface area contributed by atoms with E-state index in [0.717, 1.165) is 31.8 Å². The normalized spacial score (nSPS) is 16.3. The Kier molecular flexibility index (Phi) is 4.68. The van der Waals surface area contributed by atoms with Gasteiger partial charge in [0, 0.05) is 18.7 Å². The lowest BCUT2D eigenvalue weighted by Gasteiger charge is -2.18. The summed E-state index contributed by atoms with van der Waals surface area (Å²) in [5.41, 5.74) is 2.39. The lowest BCUT2D eigenvalue weighted by Crippen LogP contribution is -2.28. The van der Waals surface area contributed by atoms with Crippen LogP contribution in [-0.2, 0) is 11.3 Å². The van der Waals surface area contributed by atoms with Gasteiger partial charge in [-0.3, -0.25) is 4.90 Å². The summed E-state index contributed by atoms with van der Waals surface area (Å²) in [6, 6.07) is 20.7.